The van der Waals surface area contributed by atoms with Gasteiger partial charge in [-0.05, 0) is 12.1 Å². The lowest BCUT2D eigenvalue weighted by Crippen LogP contribution is -2.04. The molecule has 0 saturated carbocycles. The third-order valence-corrected chi connectivity index (χ3v) is 4.72. The molecule has 0 aliphatic heterocycles. The number of rotatable bonds is 5. The maximum absolute atomic E-state index is 10.8. The molecular formula is C13H10ClN3O2S2. The van der Waals surface area contributed by atoms with Crippen molar-refractivity contribution < 1.29 is 9.90 Å². The van der Waals surface area contributed by atoms with Gasteiger partial charge in [-0.2, -0.15) is 0 Å². The zero-order chi connectivity index (χ0) is 14.8. The van der Waals surface area contributed by atoms with E-state index in [-0.39, 0.29) is 5.75 Å². The number of benzene rings is 1. The molecule has 2 heterocycles. The fourth-order valence-electron chi connectivity index (χ4n) is 1.96. The second kappa shape index (κ2) is 6.05. The average molecular weight is 340 g/mol. The maximum Gasteiger partial charge on any atom is 0.313 e. The monoisotopic (exact) mass is 339 g/mol. The first-order chi connectivity index (χ1) is 10.1. The Bertz CT molecular complexity index is 786. The number of aliphatic carboxylic acids is 1. The summed E-state index contributed by atoms with van der Waals surface area (Å²) in [4.78, 5) is 19.5. The molecule has 8 heteroatoms. The number of carbonyl (C=O) groups is 1. The van der Waals surface area contributed by atoms with E-state index in [0.29, 0.717) is 22.2 Å². The van der Waals surface area contributed by atoms with Crippen LogP contribution in [0, 0.1) is 0 Å². The minimum absolute atomic E-state index is 0.0436. The van der Waals surface area contributed by atoms with Gasteiger partial charge >= 0.3 is 5.97 Å². The van der Waals surface area contributed by atoms with E-state index in [1.807, 2.05) is 22.1 Å². The normalized spacial score (nSPS) is 11.1. The Kier molecular flexibility index (Phi) is 4.14. The number of para-hydroxylation sites is 1. The Hall–Kier alpha value is -1.57. The predicted molar refractivity (Wildman–Crippen MR) is 84.3 cm³/mol. The lowest BCUT2D eigenvalue weighted by atomic mass is 10.3. The van der Waals surface area contributed by atoms with Gasteiger partial charge in [-0.3, -0.25) is 4.79 Å². The van der Waals surface area contributed by atoms with Crippen LogP contribution in [0.25, 0.3) is 11.0 Å². The van der Waals surface area contributed by atoms with Crippen LogP contribution >= 0.6 is 34.7 Å². The molecule has 0 unspecified atom stereocenters. The topological polar surface area (TPSA) is 68.0 Å². The van der Waals surface area contributed by atoms with Crippen LogP contribution in [0.5, 0.6) is 0 Å². The number of halogens is 1. The van der Waals surface area contributed by atoms with Gasteiger partial charge in [0, 0.05) is 5.38 Å². The van der Waals surface area contributed by atoms with E-state index in [4.69, 9.17) is 16.7 Å². The molecule has 2 aromatic heterocycles. The minimum atomic E-state index is -0.877. The number of hydrogen-bond acceptors (Lipinski definition) is 5. The number of aromatic nitrogens is 3. The third kappa shape index (κ3) is 3.04. The molecule has 1 aromatic carbocycles. The van der Waals surface area contributed by atoms with Crippen LogP contribution < -0.4 is 0 Å². The van der Waals surface area contributed by atoms with Crippen molar-refractivity contribution in [1.29, 1.82) is 0 Å². The first-order valence-electron chi connectivity index (χ1n) is 6.01. The average Bonchev–Trinajstić information content (AvgIpc) is 3.07. The molecule has 0 saturated heterocycles. The number of nitrogens with zero attached hydrogens (tertiary/aromatic N) is 3. The van der Waals surface area contributed by atoms with E-state index in [9.17, 15) is 4.79 Å². The first kappa shape index (κ1) is 14.4. The van der Waals surface area contributed by atoms with E-state index in [0.717, 1.165) is 11.2 Å². The smallest absolute Gasteiger partial charge is 0.313 e. The number of thioether (sulfide) groups is 1. The summed E-state index contributed by atoms with van der Waals surface area (Å²) >= 11 is 8.87. The maximum atomic E-state index is 10.8. The van der Waals surface area contributed by atoms with Gasteiger partial charge in [0.05, 0.1) is 34.0 Å². The van der Waals surface area contributed by atoms with Crippen LogP contribution in [0.1, 0.15) is 5.69 Å². The number of thiazole rings is 1. The highest BCUT2D eigenvalue weighted by atomic mass is 35.5. The number of carboxylic acids is 1. The van der Waals surface area contributed by atoms with Crippen molar-refractivity contribution in [2.24, 2.45) is 0 Å². The highest BCUT2D eigenvalue weighted by molar-refractivity contribution is 7.99. The summed E-state index contributed by atoms with van der Waals surface area (Å²) < 4.78 is 1.95. The van der Waals surface area contributed by atoms with Crippen molar-refractivity contribution in [3.63, 3.8) is 0 Å². The van der Waals surface area contributed by atoms with Crippen molar-refractivity contribution in [2.45, 2.75) is 11.7 Å². The Labute approximate surface area is 133 Å². The highest BCUT2D eigenvalue weighted by Gasteiger charge is 2.15. The molecule has 1 N–H and O–H groups in total. The van der Waals surface area contributed by atoms with Gasteiger partial charge in [-0.1, -0.05) is 29.4 Å². The second-order valence-electron chi connectivity index (χ2n) is 4.25. The molecule has 21 heavy (non-hydrogen) atoms. The molecule has 3 rings (SSSR count). The lowest BCUT2D eigenvalue weighted by Gasteiger charge is -2.06. The van der Waals surface area contributed by atoms with E-state index in [1.54, 1.807) is 11.6 Å². The Balaban J connectivity index is 2.06. The van der Waals surface area contributed by atoms with Crippen molar-refractivity contribution in [1.82, 2.24) is 14.5 Å². The third-order valence-electron chi connectivity index (χ3n) is 2.82. The van der Waals surface area contributed by atoms with Gasteiger partial charge in [0.15, 0.2) is 5.16 Å². The largest absolute Gasteiger partial charge is 0.481 e. The standard InChI is InChI=1S/C13H10ClN3O2S2/c14-9-2-1-3-10-12(9)16-13(21-6-11(18)19)17(10)4-8-5-20-7-15-8/h1-3,5,7H,4,6H2,(H,18,19). The van der Waals surface area contributed by atoms with Gasteiger partial charge in [0.1, 0.15) is 5.52 Å². The van der Waals surface area contributed by atoms with Gasteiger partial charge in [0.25, 0.3) is 0 Å². The van der Waals surface area contributed by atoms with Crippen LogP contribution in [0.3, 0.4) is 0 Å². The van der Waals surface area contributed by atoms with Crippen LogP contribution in [0.15, 0.2) is 34.2 Å². The number of imidazole rings is 1. The SMILES string of the molecule is O=C(O)CSc1nc2c(Cl)cccc2n1Cc1cscn1. The van der Waals surface area contributed by atoms with Gasteiger partial charge < -0.3 is 9.67 Å². The minimum Gasteiger partial charge on any atom is -0.481 e. The number of hydrogen-bond donors (Lipinski definition) is 1. The summed E-state index contributed by atoms with van der Waals surface area (Å²) in [5, 5.41) is 12.0. The molecule has 3 aromatic rings. The predicted octanol–water partition coefficient (Wildman–Crippen LogP) is 3.37. The summed E-state index contributed by atoms with van der Waals surface area (Å²) in [5.41, 5.74) is 4.24. The summed E-state index contributed by atoms with van der Waals surface area (Å²) in [5.74, 6) is -0.920. The van der Waals surface area contributed by atoms with Crippen molar-refractivity contribution >= 4 is 51.7 Å². The first-order valence-corrected chi connectivity index (χ1v) is 8.32. The van der Waals surface area contributed by atoms with Crippen molar-refractivity contribution in [3.8, 4) is 0 Å². The van der Waals surface area contributed by atoms with Crippen LogP contribution in [0.4, 0.5) is 0 Å². The molecule has 0 fully saturated rings. The Morgan fingerprint density at radius 2 is 2.33 bits per heavy atom. The summed E-state index contributed by atoms with van der Waals surface area (Å²) in [6, 6.07) is 5.55. The molecule has 0 bridgehead atoms. The van der Waals surface area contributed by atoms with Crippen LogP contribution in [-0.4, -0.2) is 31.4 Å². The van der Waals surface area contributed by atoms with E-state index < -0.39 is 5.97 Å². The molecule has 0 radical (unpaired) electrons. The van der Waals surface area contributed by atoms with Gasteiger partial charge in [-0.25, -0.2) is 9.97 Å². The molecule has 0 atom stereocenters. The van der Waals surface area contributed by atoms with E-state index in [2.05, 4.69) is 9.97 Å². The summed E-state index contributed by atoms with van der Waals surface area (Å²) in [6.07, 6.45) is 0. The quantitative estimate of drug-likeness (QED) is 0.722. The van der Waals surface area contributed by atoms with Gasteiger partial charge in [-0.15, -0.1) is 11.3 Å². The summed E-state index contributed by atoms with van der Waals surface area (Å²) in [7, 11) is 0. The van der Waals surface area contributed by atoms with E-state index in [1.165, 1.54) is 23.1 Å². The fraction of sp³-hybridized carbons (Fsp3) is 0.154. The lowest BCUT2D eigenvalue weighted by molar-refractivity contribution is -0.133. The molecule has 5 nitrogen and oxygen atoms in total. The molecular weight excluding hydrogens is 330 g/mol. The Morgan fingerprint density at radius 1 is 1.48 bits per heavy atom. The summed E-state index contributed by atoms with van der Waals surface area (Å²) in [6.45, 7) is 0.544. The molecule has 108 valence electrons. The molecule has 0 spiro atoms. The molecule has 0 aliphatic rings. The van der Waals surface area contributed by atoms with Gasteiger partial charge in [0.2, 0.25) is 0 Å². The zero-order valence-electron chi connectivity index (χ0n) is 10.7. The second-order valence-corrected chi connectivity index (χ2v) is 6.32. The number of fused-ring (bicyclic) bond motifs is 1. The van der Waals surface area contributed by atoms with E-state index >= 15 is 0 Å². The zero-order valence-corrected chi connectivity index (χ0v) is 13.1. The number of carboxylic acid groups (broad SMARTS) is 1. The van der Waals surface area contributed by atoms with Crippen LogP contribution in [0.2, 0.25) is 5.02 Å². The van der Waals surface area contributed by atoms with Crippen molar-refractivity contribution in [3.05, 3.63) is 39.8 Å². The molecule has 0 amide bonds. The fourth-order valence-corrected chi connectivity index (χ4v) is 3.45. The molecule has 0 aliphatic carbocycles. The Morgan fingerprint density at radius 3 is 3.05 bits per heavy atom. The highest BCUT2D eigenvalue weighted by Crippen LogP contribution is 2.29. The van der Waals surface area contributed by atoms with Crippen molar-refractivity contribution in [2.75, 3.05) is 5.75 Å². The van der Waals surface area contributed by atoms with Crippen LogP contribution in [-0.2, 0) is 11.3 Å².